The molecule has 0 aliphatic heterocycles. The second-order valence-corrected chi connectivity index (χ2v) is 5.01. The molecule has 1 aromatic rings. The lowest BCUT2D eigenvalue weighted by Gasteiger charge is -2.08. The largest absolute Gasteiger partial charge is 0.453 e. The SMILES string of the molecule is Cc1cc(C)nc(S(=S)C(F)(F)F)n1. The molecule has 0 aliphatic rings. The van der Waals surface area contributed by atoms with E-state index in [-0.39, 0.29) is 5.16 Å². The minimum Gasteiger partial charge on any atom is -0.227 e. The van der Waals surface area contributed by atoms with Crippen molar-refractivity contribution in [1.29, 1.82) is 0 Å². The molecule has 0 radical (unpaired) electrons. The van der Waals surface area contributed by atoms with Crippen LogP contribution in [-0.4, -0.2) is 15.5 Å². The molecule has 1 unspecified atom stereocenters. The highest BCUT2D eigenvalue weighted by Crippen LogP contribution is 2.24. The highest BCUT2D eigenvalue weighted by Gasteiger charge is 2.35. The van der Waals surface area contributed by atoms with Crippen LogP contribution in [-0.2, 0) is 20.6 Å². The second kappa shape index (κ2) is 3.90. The number of nitrogens with zero attached hydrogens (tertiary/aromatic N) is 2. The number of halogens is 3. The quantitative estimate of drug-likeness (QED) is 0.703. The normalized spacial score (nSPS) is 14.1. The maximum atomic E-state index is 12.2. The Morgan fingerprint density at radius 2 is 1.64 bits per heavy atom. The highest BCUT2D eigenvalue weighted by molar-refractivity contribution is 8.29. The van der Waals surface area contributed by atoms with Crippen molar-refractivity contribution in [2.45, 2.75) is 24.5 Å². The van der Waals surface area contributed by atoms with Gasteiger partial charge in [-0.25, -0.2) is 9.97 Å². The van der Waals surface area contributed by atoms with Crippen LogP contribution in [0.25, 0.3) is 0 Å². The van der Waals surface area contributed by atoms with Crippen molar-refractivity contribution < 1.29 is 13.2 Å². The number of hydrogen-bond acceptors (Lipinski definition) is 3. The zero-order chi connectivity index (χ0) is 10.9. The molecule has 0 amide bonds. The van der Waals surface area contributed by atoms with Gasteiger partial charge in [0, 0.05) is 11.4 Å². The number of aromatic nitrogens is 2. The molecular weight excluding hydrogens is 233 g/mol. The first kappa shape index (κ1) is 11.5. The van der Waals surface area contributed by atoms with Crippen LogP contribution in [0.3, 0.4) is 0 Å². The predicted octanol–water partition coefficient (Wildman–Crippen LogP) is 2.05. The van der Waals surface area contributed by atoms with Gasteiger partial charge in [-0.3, -0.25) is 0 Å². The Kier molecular flexibility index (Phi) is 3.20. The molecule has 0 bridgehead atoms. The van der Waals surface area contributed by atoms with Gasteiger partial charge in [-0.05, 0) is 31.1 Å². The first-order chi connectivity index (χ1) is 6.30. The lowest BCUT2D eigenvalue weighted by Crippen LogP contribution is -2.18. The van der Waals surface area contributed by atoms with Crippen LogP contribution in [0, 0.1) is 13.8 Å². The van der Waals surface area contributed by atoms with Gasteiger partial charge in [0.1, 0.15) is 0 Å². The van der Waals surface area contributed by atoms with Crippen LogP contribution in [0.5, 0.6) is 0 Å². The number of rotatable bonds is 1. The van der Waals surface area contributed by atoms with E-state index < -0.39 is 15.0 Å². The number of hydrogen-bond donors (Lipinski definition) is 0. The fourth-order valence-corrected chi connectivity index (χ4v) is 1.76. The Labute approximate surface area is 86.2 Å². The van der Waals surface area contributed by atoms with Gasteiger partial charge in [0.25, 0.3) is 0 Å². The summed E-state index contributed by atoms with van der Waals surface area (Å²) in [6, 6.07) is 1.60. The molecule has 0 fully saturated rings. The standard InChI is InChI=1S/C7H7F3N2S2/c1-4-3-5(2)12-6(11-4)14(13)7(8,9)10/h3H,1-2H3. The van der Waals surface area contributed by atoms with Crippen molar-refractivity contribution in [3.63, 3.8) is 0 Å². The van der Waals surface area contributed by atoms with Gasteiger partial charge in [0.15, 0.2) is 0 Å². The second-order valence-electron chi connectivity index (χ2n) is 2.65. The molecule has 1 heterocycles. The first-order valence-corrected chi connectivity index (χ1v) is 5.76. The van der Waals surface area contributed by atoms with Crippen LogP contribution in [0.1, 0.15) is 11.4 Å². The zero-order valence-corrected chi connectivity index (χ0v) is 9.06. The lowest BCUT2D eigenvalue weighted by atomic mass is 10.4. The molecule has 0 aromatic carbocycles. The Morgan fingerprint density at radius 1 is 1.21 bits per heavy atom. The lowest BCUT2D eigenvalue weighted by molar-refractivity contribution is -0.0349. The van der Waals surface area contributed by atoms with Crippen molar-refractivity contribution in [3.8, 4) is 0 Å². The number of aryl methyl sites for hydroxylation is 2. The van der Waals surface area contributed by atoms with Crippen molar-refractivity contribution in [2.75, 3.05) is 0 Å². The van der Waals surface area contributed by atoms with E-state index in [2.05, 4.69) is 21.2 Å². The fraction of sp³-hybridized carbons (Fsp3) is 0.429. The smallest absolute Gasteiger partial charge is 0.227 e. The van der Waals surface area contributed by atoms with Gasteiger partial charge in [-0.15, -0.1) is 0 Å². The summed E-state index contributed by atoms with van der Waals surface area (Å²) in [5.74, 6) is 0. The molecule has 7 heteroatoms. The monoisotopic (exact) mass is 240 g/mol. The van der Waals surface area contributed by atoms with Crippen LogP contribution in [0.4, 0.5) is 13.2 Å². The summed E-state index contributed by atoms with van der Waals surface area (Å²) >= 11 is 4.34. The summed E-state index contributed by atoms with van der Waals surface area (Å²) in [4.78, 5) is 7.35. The third kappa shape index (κ3) is 2.71. The summed E-state index contributed by atoms with van der Waals surface area (Å²) < 4.78 is 36.7. The molecule has 1 aromatic heterocycles. The maximum Gasteiger partial charge on any atom is 0.453 e. The Balaban J connectivity index is 3.14. The van der Waals surface area contributed by atoms with Gasteiger partial charge >= 0.3 is 5.51 Å². The van der Waals surface area contributed by atoms with Crippen LogP contribution in [0.2, 0.25) is 0 Å². The third-order valence-electron chi connectivity index (χ3n) is 1.34. The molecule has 1 atom stereocenters. The van der Waals surface area contributed by atoms with Gasteiger partial charge in [-0.1, -0.05) is 0 Å². The van der Waals surface area contributed by atoms with Crippen molar-refractivity contribution in [2.24, 2.45) is 0 Å². The Bertz CT molecular complexity index is 355. The van der Waals surface area contributed by atoms with Crippen LogP contribution < -0.4 is 0 Å². The first-order valence-electron chi connectivity index (χ1n) is 3.61. The molecule has 0 N–H and O–H groups in total. The Morgan fingerprint density at radius 3 is 2.00 bits per heavy atom. The van der Waals surface area contributed by atoms with Crippen LogP contribution in [0.15, 0.2) is 11.2 Å². The van der Waals surface area contributed by atoms with E-state index in [1.807, 2.05) is 0 Å². The van der Waals surface area contributed by atoms with Gasteiger partial charge in [-0.2, -0.15) is 13.2 Å². The fourth-order valence-electron chi connectivity index (χ4n) is 0.880. The number of alkyl halides is 3. The van der Waals surface area contributed by atoms with E-state index in [1.165, 1.54) is 0 Å². The summed E-state index contributed by atoms with van der Waals surface area (Å²) in [5.41, 5.74) is -3.44. The predicted molar refractivity (Wildman–Crippen MR) is 50.6 cm³/mol. The van der Waals surface area contributed by atoms with E-state index in [1.54, 1.807) is 19.9 Å². The minimum atomic E-state index is -4.43. The summed E-state index contributed by atoms with van der Waals surface area (Å²) in [5, 5.41) is -0.315. The van der Waals surface area contributed by atoms with E-state index >= 15 is 0 Å². The van der Waals surface area contributed by atoms with E-state index in [9.17, 15) is 13.2 Å². The third-order valence-corrected chi connectivity index (χ3v) is 3.29. The van der Waals surface area contributed by atoms with Crippen molar-refractivity contribution in [3.05, 3.63) is 17.5 Å². The van der Waals surface area contributed by atoms with E-state index in [4.69, 9.17) is 0 Å². The molecule has 0 aliphatic carbocycles. The summed E-state index contributed by atoms with van der Waals surface area (Å²) in [6.45, 7) is 3.22. The van der Waals surface area contributed by atoms with Crippen molar-refractivity contribution >= 4 is 20.6 Å². The van der Waals surface area contributed by atoms with Gasteiger partial charge in [0.2, 0.25) is 5.16 Å². The Hall–Kier alpha value is -0.560. The molecule has 78 valence electrons. The van der Waals surface area contributed by atoms with Gasteiger partial charge in [0.05, 0.1) is 9.45 Å². The molecular formula is C7H7F3N2S2. The van der Waals surface area contributed by atoms with Gasteiger partial charge < -0.3 is 0 Å². The molecule has 0 saturated carbocycles. The molecule has 1 rings (SSSR count). The summed E-state index contributed by atoms with van der Waals surface area (Å²) in [7, 11) is -2.31. The topological polar surface area (TPSA) is 25.8 Å². The van der Waals surface area contributed by atoms with E-state index in [0.717, 1.165) is 0 Å². The average molecular weight is 240 g/mol. The zero-order valence-electron chi connectivity index (χ0n) is 7.42. The molecule has 0 spiro atoms. The van der Waals surface area contributed by atoms with E-state index in [0.29, 0.717) is 11.4 Å². The average Bonchev–Trinajstić information content (AvgIpc) is 1.99. The summed E-state index contributed by atoms with van der Waals surface area (Å²) in [6.07, 6.45) is 0. The van der Waals surface area contributed by atoms with Crippen LogP contribution >= 0.6 is 0 Å². The maximum absolute atomic E-state index is 12.2. The minimum absolute atomic E-state index is 0.315. The molecule has 0 saturated heterocycles. The van der Waals surface area contributed by atoms with Crippen molar-refractivity contribution in [1.82, 2.24) is 9.97 Å². The highest BCUT2D eigenvalue weighted by atomic mass is 32.8. The molecule has 14 heavy (non-hydrogen) atoms. The molecule has 2 nitrogen and oxygen atoms in total.